The molecule has 1 heterocycles. The molecule has 1 amide bonds. The maximum absolute atomic E-state index is 12.1. The molecule has 98 valence electrons. The minimum Gasteiger partial charge on any atom is -0.467 e. The molecule has 1 saturated heterocycles. The number of hydrogen-bond donors (Lipinski definition) is 2. The molecule has 1 fully saturated rings. The predicted octanol–water partition coefficient (Wildman–Crippen LogP) is 0.442. The average molecular weight is 242 g/mol. The summed E-state index contributed by atoms with van der Waals surface area (Å²) < 4.78 is 4.66. The van der Waals surface area contributed by atoms with Gasteiger partial charge in [0.25, 0.3) is 0 Å². The molecule has 0 spiro atoms. The third-order valence-electron chi connectivity index (χ3n) is 3.18. The fraction of sp³-hybridized carbons (Fsp3) is 0.833. The fourth-order valence-corrected chi connectivity index (χ4v) is 2.09. The Bertz CT molecular complexity index is 302. The summed E-state index contributed by atoms with van der Waals surface area (Å²) in [4.78, 5) is 23.5. The molecular formula is C12H22N2O3. The first kappa shape index (κ1) is 14.0. The van der Waals surface area contributed by atoms with E-state index in [1.165, 1.54) is 7.11 Å². The van der Waals surface area contributed by atoms with Crippen LogP contribution in [0.1, 0.15) is 33.6 Å². The van der Waals surface area contributed by atoms with Crippen LogP contribution < -0.4 is 10.6 Å². The summed E-state index contributed by atoms with van der Waals surface area (Å²) in [5.74, 6) is -0.279. The Morgan fingerprint density at radius 1 is 1.41 bits per heavy atom. The van der Waals surface area contributed by atoms with Gasteiger partial charge >= 0.3 is 5.97 Å². The van der Waals surface area contributed by atoms with Gasteiger partial charge in [-0.25, -0.2) is 4.79 Å². The van der Waals surface area contributed by atoms with Crippen molar-refractivity contribution in [3.05, 3.63) is 0 Å². The summed E-state index contributed by atoms with van der Waals surface area (Å²) >= 11 is 0. The first-order valence-corrected chi connectivity index (χ1v) is 6.02. The summed E-state index contributed by atoms with van der Waals surface area (Å²) in [5, 5.41) is 5.92. The molecule has 1 aliphatic rings. The van der Waals surface area contributed by atoms with E-state index in [0.717, 1.165) is 19.4 Å². The molecule has 5 nitrogen and oxygen atoms in total. The highest BCUT2D eigenvalue weighted by Gasteiger charge is 2.35. The maximum atomic E-state index is 12.1. The van der Waals surface area contributed by atoms with E-state index < -0.39 is 11.5 Å². The average Bonchev–Trinajstić information content (AvgIpc) is 2.27. The van der Waals surface area contributed by atoms with Crippen LogP contribution in [0.15, 0.2) is 0 Å². The van der Waals surface area contributed by atoms with Crippen molar-refractivity contribution in [2.75, 3.05) is 13.7 Å². The van der Waals surface area contributed by atoms with Crippen molar-refractivity contribution >= 4 is 11.9 Å². The van der Waals surface area contributed by atoms with Gasteiger partial charge in [-0.1, -0.05) is 6.92 Å². The molecule has 0 saturated carbocycles. The van der Waals surface area contributed by atoms with E-state index in [-0.39, 0.29) is 17.9 Å². The summed E-state index contributed by atoms with van der Waals surface area (Å²) in [5.41, 5.74) is -0.981. The van der Waals surface area contributed by atoms with E-state index in [9.17, 15) is 9.59 Å². The van der Waals surface area contributed by atoms with Gasteiger partial charge in [0.15, 0.2) is 0 Å². The van der Waals surface area contributed by atoms with Crippen LogP contribution >= 0.6 is 0 Å². The lowest BCUT2D eigenvalue weighted by atomic mass is 9.91. The normalized spacial score (nSPS) is 25.2. The smallest absolute Gasteiger partial charge is 0.330 e. The Morgan fingerprint density at radius 2 is 2.06 bits per heavy atom. The fourth-order valence-electron chi connectivity index (χ4n) is 2.09. The van der Waals surface area contributed by atoms with Crippen molar-refractivity contribution in [3.63, 3.8) is 0 Å². The second-order valence-electron chi connectivity index (χ2n) is 5.16. The number of hydrogen-bond acceptors (Lipinski definition) is 4. The van der Waals surface area contributed by atoms with Gasteiger partial charge in [-0.05, 0) is 39.2 Å². The SMILES string of the molecule is COC(=O)C(C)(C)NC(=O)C1NCCCC1C. The minimum absolute atomic E-state index is 0.132. The minimum atomic E-state index is -0.981. The highest BCUT2D eigenvalue weighted by Crippen LogP contribution is 2.16. The lowest BCUT2D eigenvalue weighted by Crippen LogP contribution is -2.58. The molecule has 0 aliphatic carbocycles. The number of carbonyl (C=O) groups is 2. The molecule has 17 heavy (non-hydrogen) atoms. The van der Waals surface area contributed by atoms with Gasteiger partial charge in [0, 0.05) is 0 Å². The van der Waals surface area contributed by atoms with Crippen molar-refractivity contribution < 1.29 is 14.3 Å². The molecule has 0 aromatic rings. The number of carbonyl (C=O) groups excluding carboxylic acids is 2. The third kappa shape index (κ3) is 3.43. The Labute approximate surface area is 102 Å². The van der Waals surface area contributed by atoms with Crippen molar-refractivity contribution in [2.45, 2.75) is 45.2 Å². The van der Waals surface area contributed by atoms with Crippen molar-refractivity contribution in [3.8, 4) is 0 Å². The molecule has 0 bridgehead atoms. The Morgan fingerprint density at radius 3 is 2.59 bits per heavy atom. The third-order valence-corrected chi connectivity index (χ3v) is 3.18. The van der Waals surface area contributed by atoms with Gasteiger partial charge in [0.1, 0.15) is 5.54 Å². The molecule has 2 N–H and O–H groups in total. The van der Waals surface area contributed by atoms with Crippen LogP contribution in [0.2, 0.25) is 0 Å². The first-order chi connectivity index (χ1) is 7.88. The maximum Gasteiger partial charge on any atom is 0.330 e. The zero-order valence-corrected chi connectivity index (χ0v) is 11.0. The van der Waals surface area contributed by atoms with Crippen LogP contribution in [0.4, 0.5) is 0 Å². The predicted molar refractivity (Wildman–Crippen MR) is 64.4 cm³/mol. The summed E-state index contributed by atoms with van der Waals surface area (Å²) in [6, 6.07) is -0.215. The van der Waals surface area contributed by atoms with Gasteiger partial charge in [-0.3, -0.25) is 4.79 Å². The van der Waals surface area contributed by atoms with Crippen molar-refractivity contribution in [1.29, 1.82) is 0 Å². The number of amides is 1. The summed E-state index contributed by atoms with van der Waals surface area (Å²) in [6.45, 7) is 6.18. The van der Waals surface area contributed by atoms with Gasteiger partial charge in [0.2, 0.25) is 5.91 Å². The van der Waals surface area contributed by atoms with Crippen LogP contribution in [-0.4, -0.2) is 37.1 Å². The molecule has 0 aromatic carbocycles. The van der Waals surface area contributed by atoms with Gasteiger partial charge in [-0.15, -0.1) is 0 Å². The second-order valence-corrected chi connectivity index (χ2v) is 5.16. The Hall–Kier alpha value is -1.10. The van der Waals surface area contributed by atoms with Gasteiger partial charge in [0.05, 0.1) is 13.2 Å². The van der Waals surface area contributed by atoms with Crippen LogP contribution in [-0.2, 0) is 14.3 Å². The van der Waals surface area contributed by atoms with E-state index in [1.807, 2.05) is 6.92 Å². The van der Waals surface area contributed by atoms with Crippen molar-refractivity contribution in [2.24, 2.45) is 5.92 Å². The molecule has 5 heteroatoms. The first-order valence-electron chi connectivity index (χ1n) is 6.02. The lowest BCUT2D eigenvalue weighted by molar-refractivity contribution is -0.149. The molecular weight excluding hydrogens is 220 g/mol. The molecule has 1 rings (SSSR count). The summed E-state index contributed by atoms with van der Waals surface area (Å²) in [7, 11) is 1.32. The standard InChI is InChI=1S/C12H22N2O3/c1-8-6-5-7-13-9(8)10(15)14-12(2,3)11(16)17-4/h8-9,13H,5-7H2,1-4H3,(H,14,15). The quantitative estimate of drug-likeness (QED) is 0.705. The molecule has 2 atom stereocenters. The number of methoxy groups -OCH3 is 1. The van der Waals surface area contributed by atoms with E-state index in [0.29, 0.717) is 0 Å². The van der Waals surface area contributed by atoms with Crippen LogP contribution in [0.3, 0.4) is 0 Å². The van der Waals surface area contributed by atoms with E-state index in [4.69, 9.17) is 0 Å². The Kier molecular flexibility index (Phi) is 4.51. The largest absolute Gasteiger partial charge is 0.467 e. The molecule has 1 aliphatic heterocycles. The van der Waals surface area contributed by atoms with E-state index in [2.05, 4.69) is 15.4 Å². The van der Waals surface area contributed by atoms with E-state index >= 15 is 0 Å². The van der Waals surface area contributed by atoms with Crippen LogP contribution in [0.25, 0.3) is 0 Å². The molecule has 0 radical (unpaired) electrons. The number of ether oxygens (including phenoxy) is 1. The highest BCUT2D eigenvalue weighted by molar-refractivity contribution is 5.89. The topological polar surface area (TPSA) is 67.4 Å². The lowest BCUT2D eigenvalue weighted by Gasteiger charge is -2.32. The zero-order valence-electron chi connectivity index (χ0n) is 11.0. The summed E-state index contributed by atoms with van der Waals surface area (Å²) in [6.07, 6.45) is 2.12. The zero-order chi connectivity index (χ0) is 13.1. The number of piperidine rings is 1. The van der Waals surface area contributed by atoms with E-state index in [1.54, 1.807) is 13.8 Å². The monoisotopic (exact) mass is 242 g/mol. The van der Waals surface area contributed by atoms with Crippen LogP contribution in [0.5, 0.6) is 0 Å². The molecule has 2 unspecified atom stereocenters. The van der Waals surface area contributed by atoms with Gasteiger partial charge in [-0.2, -0.15) is 0 Å². The molecule has 0 aromatic heterocycles. The van der Waals surface area contributed by atoms with Crippen LogP contribution in [0, 0.1) is 5.92 Å². The second kappa shape index (κ2) is 5.49. The Balaban J connectivity index is 2.61. The number of rotatable bonds is 3. The van der Waals surface area contributed by atoms with Crippen molar-refractivity contribution in [1.82, 2.24) is 10.6 Å². The number of nitrogens with one attached hydrogen (secondary N) is 2. The highest BCUT2D eigenvalue weighted by atomic mass is 16.5. The van der Waals surface area contributed by atoms with Gasteiger partial charge < -0.3 is 15.4 Å². The number of esters is 1.